The van der Waals surface area contributed by atoms with Crippen molar-refractivity contribution in [3.8, 4) is 22.6 Å². The second-order valence-corrected chi connectivity index (χ2v) is 8.50. The molecule has 33 heavy (non-hydrogen) atoms. The van der Waals surface area contributed by atoms with Crippen molar-refractivity contribution in [1.29, 1.82) is 0 Å². The van der Waals surface area contributed by atoms with Gasteiger partial charge in [-0.15, -0.1) is 0 Å². The van der Waals surface area contributed by atoms with Crippen molar-refractivity contribution in [3.63, 3.8) is 0 Å². The summed E-state index contributed by atoms with van der Waals surface area (Å²) in [5, 5.41) is 0. The average molecular weight is 445 g/mol. The highest BCUT2D eigenvalue weighted by atomic mass is 16.5. The van der Waals surface area contributed by atoms with Crippen molar-refractivity contribution in [1.82, 2.24) is 0 Å². The molecule has 0 saturated heterocycles. The molecule has 3 rings (SSSR count). The van der Waals surface area contributed by atoms with Crippen molar-refractivity contribution in [2.24, 2.45) is 0 Å². The van der Waals surface area contributed by atoms with Crippen molar-refractivity contribution in [2.45, 2.75) is 65.2 Å². The number of esters is 1. The van der Waals surface area contributed by atoms with Crippen LogP contribution in [0.15, 0.2) is 72.8 Å². The van der Waals surface area contributed by atoms with Crippen LogP contribution in [0.1, 0.15) is 74.7 Å². The van der Waals surface area contributed by atoms with Crippen LogP contribution in [0.25, 0.3) is 11.1 Å². The molecule has 0 heterocycles. The van der Waals surface area contributed by atoms with E-state index in [2.05, 4.69) is 38.1 Å². The number of rotatable bonds is 13. The van der Waals surface area contributed by atoms with Crippen molar-refractivity contribution >= 4 is 5.97 Å². The molecule has 3 aromatic carbocycles. The van der Waals surface area contributed by atoms with Crippen molar-refractivity contribution in [2.75, 3.05) is 6.61 Å². The molecule has 174 valence electrons. The highest BCUT2D eigenvalue weighted by molar-refractivity contribution is 5.91. The van der Waals surface area contributed by atoms with Gasteiger partial charge in [0.1, 0.15) is 11.5 Å². The third-order valence-electron chi connectivity index (χ3n) is 5.78. The fourth-order valence-corrected chi connectivity index (χ4v) is 3.73. The molecular weight excluding hydrogens is 408 g/mol. The van der Waals surface area contributed by atoms with Gasteiger partial charge in [0.2, 0.25) is 0 Å². The zero-order valence-corrected chi connectivity index (χ0v) is 20.0. The first-order valence-electron chi connectivity index (χ1n) is 12.3. The van der Waals surface area contributed by atoms with Crippen LogP contribution in [-0.4, -0.2) is 12.6 Å². The highest BCUT2D eigenvalue weighted by Gasteiger charge is 2.09. The first-order valence-corrected chi connectivity index (χ1v) is 12.3. The summed E-state index contributed by atoms with van der Waals surface area (Å²) in [7, 11) is 0. The molecule has 0 amide bonds. The minimum Gasteiger partial charge on any atom is -0.494 e. The summed E-state index contributed by atoms with van der Waals surface area (Å²) in [6.45, 7) is 5.13. The Balaban J connectivity index is 1.50. The molecule has 0 aliphatic carbocycles. The van der Waals surface area contributed by atoms with Crippen LogP contribution in [0, 0.1) is 0 Å². The Labute approximate surface area is 198 Å². The number of hydrogen-bond acceptors (Lipinski definition) is 3. The Kier molecular flexibility index (Phi) is 10.0. The quantitative estimate of drug-likeness (QED) is 0.151. The SMILES string of the molecule is CCCCCCOc1ccc(C(=O)Oc2ccc(-c3ccc(CCCCC)cc3)cc2)cc1. The number of ether oxygens (including phenoxy) is 2. The normalized spacial score (nSPS) is 10.7. The van der Waals surface area contributed by atoms with E-state index < -0.39 is 0 Å². The lowest BCUT2D eigenvalue weighted by Gasteiger charge is -2.08. The van der Waals surface area contributed by atoms with Gasteiger partial charge in [-0.3, -0.25) is 0 Å². The summed E-state index contributed by atoms with van der Waals surface area (Å²) in [5.74, 6) is 0.952. The molecule has 0 atom stereocenters. The smallest absolute Gasteiger partial charge is 0.343 e. The molecule has 0 aliphatic rings. The van der Waals surface area contributed by atoms with E-state index in [1.807, 2.05) is 36.4 Å². The molecule has 0 radical (unpaired) electrons. The second-order valence-electron chi connectivity index (χ2n) is 8.50. The third kappa shape index (κ3) is 8.09. The topological polar surface area (TPSA) is 35.5 Å². The van der Waals surface area contributed by atoms with Gasteiger partial charge in [-0.05, 0) is 72.4 Å². The number of aryl methyl sites for hydroxylation is 1. The predicted octanol–water partition coefficient (Wildman–Crippen LogP) is 8.26. The summed E-state index contributed by atoms with van der Waals surface area (Å²) < 4.78 is 11.3. The largest absolute Gasteiger partial charge is 0.494 e. The van der Waals surface area contributed by atoms with E-state index >= 15 is 0 Å². The van der Waals surface area contributed by atoms with Gasteiger partial charge in [0.05, 0.1) is 12.2 Å². The van der Waals surface area contributed by atoms with Crippen LogP contribution in [0.2, 0.25) is 0 Å². The van der Waals surface area contributed by atoms with Crippen LogP contribution in [0.4, 0.5) is 0 Å². The van der Waals surface area contributed by atoms with E-state index in [9.17, 15) is 4.79 Å². The first-order chi connectivity index (χ1) is 16.2. The zero-order chi connectivity index (χ0) is 23.3. The van der Waals surface area contributed by atoms with Crippen LogP contribution in [0.5, 0.6) is 11.5 Å². The van der Waals surface area contributed by atoms with E-state index in [4.69, 9.17) is 9.47 Å². The summed E-state index contributed by atoms with van der Waals surface area (Å²) >= 11 is 0. The van der Waals surface area contributed by atoms with Gasteiger partial charge < -0.3 is 9.47 Å². The maximum absolute atomic E-state index is 12.5. The molecule has 3 nitrogen and oxygen atoms in total. The van der Waals surface area contributed by atoms with E-state index in [0.717, 1.165) is 29.7 Å². The Morgan fingerprint density at radius 3 is 1.85 bits per heavy atom. The number of carbonyl (C=O) groups excluding carboxylic acids is 1. The molecule has 0 bridgehead atoms. The minimum atomic E-state index is -0.367. The Morgan fingerprint density at radius 1 is 0.636 bits per heavy atom. The zero-order valence-electron chi connectivity index (χ0n) is 20.0. The summed E-state index contributed by atoms with van der Waals surface area (Å²) in [6, 6.07) is 23.6. The van der Waals surface area contributed by atoms with Crippen LogP contribution < -0.4 is 9.47 Å². The molecule has 0 aliphatic heterocycles. The minimum absolute atomic E-state index is 0.367. The van der Waals surface area contributed by atoms with Crippen LogP contribution >= 0.6 is 0 Å². The maximum Gasteiger partial charge on any atom is 0.343 e. The van der Waals surface area contributed by atoms with Crippen molar-refractivity contribution in [3.05, 3.63) is 83.9 Å². The summed E-state index contributed by atoms with van der Waals surface area (Å²) in [5.41, 5.74) is 4.16. The Bertz CT molecular complexity index is 957. The summed E-state index contributed by atoms with van der Waals surface area (Å²) in [6.07, 6.45) is 9.58. The molecular formula is C30H36O3. The molecule has 3 heteroatoms. The molecule has 0 fully saturated rings. The Hall–Kier alpha value is -3.07. The second kappa shape index (κ2) is 13.5. The number of carbonyl (C=O) groups is 1. The number of benzene rings is 3. The fourth-order valence-electron chi connectivity index (χ4n) is 3.73. The van der Waals surface area contributed by atoms with Gasteiger partial charge >= 0.3 is 5.97 Å². The summed E-state index contributed by atoms with van der Waals surface area (Å²) in [4.78, 5) is 12.5. The third-order valence-corrected chi connectivity index (χ3v) is 5.78. The predicted molar refractivity (Wildman–Crippen MR) is 136 cm³/mol. The Morgan fingerprint density at radius 2 is 1.21 bits per heavy atom. The standard InChI is InChI=1S/C30H36O3/c1-3-5-7-9-23-32-28-19-17-27(18-20-28)30(31)33-29-21-15-26(16-22-29)25-13-11-24(12-14-25)10-8-6-4-2/h11-22H,3-10,23H2,1-2H3. The van der Waals surface area contributed by atoms with Crippen molar-refractivity contribution < 1.29 is 14.3 Å². The molecule has 0 unspecified atom stereocenters. The number of hydrogen-bond donors (Lipinski definition) is 0. The van der Waals surface area contributed by atoms with Gasteiger partial charge in [-0.1, -0.05) is 82.3 Å². The van der Waals surface area contributed by atoms with E-state index in [-0.39, 0.29) is 5.97 Å². The lowest BCUT2D eigenvalue weighted by Crippen LogP contribution is -2.08. The number of unbranched alkanes of at least 4 members (excludes halogenated alkanes) is 5. The maximum atomic E-state index is 12.5. The molecule has 0 N–H and O–H groups in total. The van der Waals surface area contributed by atoms with E-state index in [0.29, 0.717) is 17.9 Å². The molecule has 0 aromatic heterocycles. The molecule has 0 spiro atoms. The lowest BCUT2D eigenvalue weighted by molar-refractivity contribution is 0.0734. The highest BCUT2D eigenvalue weighted by Crippen LogP contribution is 2.24. The van der Waals surface area contributed by atoms with Gasteiger partial charge in [0.15, 0.2) is 0 Å². The fraction of sp³-hybridized carbons (Fsp3) is 0.367. The van der Waals surface area contributed by atoms with Gasteiger partial charge in [-0.25, -0.2) is 4.79 Å². The lowest BCUT2D eigenvalue weighted by atomic mass is 10.0. The monoisotopic (exact) mass is 444 g/mol. The van der Waals surface area contributed by atoms with Gasteiger partial charge in [0, 0.05) is 0 Å². The van der Waals surface area contributed by atoms with E-state index in [1.54, 1.807) is 12.1 Å². The van der Waals surface area contributed by atoms with Gasteiger partial charge in [-0.2, -0.15) is 0 Å². The van der Waals surface area contributed by atoms with Crippen LogP contribution in [-0.2, 0) is 6.42 Å². The molecule has 0 saturated carbocycles. The molecule has 3 aromatic rings. The van der Waals surface area contributed by atoms with E-state index in [1.165, 1.54) is 44.1 Å². The average Bonchev–Trinajstić information content (AvgIpc) is 2.85. The first kappa shape index (κ1) is 24.6. The van der Waals surface area contributed by atoms with Gasteiger partial charge in [0.25, 0.3) is 0 Å². The van der Waals surface area contributed by atoms with Crippen LogP contribution in [0.3, 0.4) is 0 Å².